The van der Waals surface area contributed by atoms with Crippen LogP contribution >= 0.6 is 11.6 Å². The van der Waals surface area contributed by atoms with Crippen LogP contribution in [0, 0.1) is 19.8 Å². The summed E-state index contributed by atoms with van der Waals surface area (Å²) in [6.45, 7) is 5.68. The number of carbonyl (C=O) groups excluding carboxylic acids is 1. The van der Waals surface area contributed by atoms with Gasteiger partial charge in [0.1, 0.15) is 0 Å². The van der Waals surface area contributed by atoms with Crippen LogP contribution in [0.2, 0.25) is 0 Å². The predicted molar refractivity (Wildman–Crippen MR) is 70.6 cm³/mol. The average Bonchev–Trinajstić information content (AvgIpc) is 2.76. The summed E-state index contributed by atoms with van der Waals surface area (Å²) in [6.07, 6.45) is 1.03. The molecule has 1 aliphatic rings. The second-order valence-electron chi connectivity index (χ2n) is 4.88. The normalized spacial score (nSPS) is 19.7. The smallest absolute Gasteiger partial charge is 0.254 e. The predicted octanol–water partition coefficient (Wildman–Crippen LogP) is 3.00. The van der Waals surface area contributed by atoms with Crippen LogP contribution < -0.4 is 0 Å². The summed E-state index contributed by atoms with van der Waals surface area (Å²) in [7, 11) is 0. The van der Waals surface area contributed by atoms with E-state index in [0.717, 1.165) is 30.6 Å². The van der Waals surface area contributed by atoms with Crippen molar-refractivity contribution in [3.05, 3.63) is 34.9 Å². The molecule has 0 spiro atoms. The van der Waals surface area contributed by atoms with Crippen molar-refractivity contribution in [2.75, 3.05) is 19.0 Å². The van der Waals surface area contributed by atoms with Gasteiger partial charge in [0.15, 0.2) is 0 Å². The van der Waals surface area contributed by atoms with Crippen LogP contribution in [0.5, 0.6) is 0 Å². The zero-order valence-corrected chi connectivity index (χ0v) is 11.1. The molecule has 1 aromatic rings. The maximum Gasteiger partial charge on any atom is 0.254 e. The summed E-state index contributed by atoms with van der Waals surface area (Å²) in [6, 6.07) is 5.98. The third-order valence-electron chi connectivity index (χ3n) is 3.40. The van der Waals surface area contributed by atoms with E-state index in [-0.39, 0.29) is 5.91 Å². The highest BCUT2D eigenvalue weighted by Crippen LogP contribution is 2.21. The third-order valence-corrected chi connectivity index (χ3v) is 3.84. The lowest BCUT2D eigenvalue weighted by Crippen LogP contribution is -2.29. The number of likely N-dealkylation sites (tertiary alicyclic amines) is 1. The first-order valence-corrected chi connectivity index (χ1v) is 6.57. The van der Waals surface area contributed by atoms with E-state index in [9.17, 15) is 4.79 Å². The number of aryl methyl sites for hydroxylation is 2. The quantitative estimate of drug-likeness (QED) is 0.740. The average molecular weight is 252 g/mol. The second kappa shape index (κ2) is 5.09. The van der Waals surface area contributed by atoms with E-state index >= 15 is 0 Å². The molecule has 1 heterocycles. The molecule has 0 N–H and O–H groups in total. The topological polar surface area (TPSA) is 20.3 Å². The summed E-state index contributed by atoms with van der Waals surface area (Å²) in [5, 5.41) is 0. The molecule has 2 rings (SSSR count). The van der Waals surface area contributed by atoms with Crippen molar-refractivity contribution in [3.63, 3.8) is 0 Å². The van der Waals surface area contributed by atoms with Gasteiger partial charge in [-0.2, -0.15) is 0 Å². The first-order chi connectivity index (χ1) is 8.11. The Hall–Kier alpha value is -1.02. The molecular formula is C14H18ClNO. The Morgan fingerprint density at radius 3 is 2.82 bits per heavy atom. The molecule has 0 radical (unpaired) electrons. The summed E-state index contributed by atoms with van der Waals surface area (Å²) >= 11 is 5.84. The monoisotopic (exact) mass is 251 g/mol. The summed E-state index contributed by atoms with van der Waals surface area (Å²) in [5.41, 5.74) is 3.08. The fourth-order valence-corrected chi connectivity index (χ4v) is 2.62. The number of halogens is 1. The molecule has 2 nitrogen and oxygen atoms in total. The van der Waals surface area contributed by atoms with Gasteiger partial charge in [-0.1, -0.05) is 17.7 Å². The SMILES string of the molecule is Cc1ccc(C(=O)N2CCC(CCl)C2)c(C)c1. The molecule has 1 atom stereocenters. The largest absolute Gasteiger partial charge is 0.338 e. The van der Waals surface area contributed by atoms with E-state index in [0.29, 0.717) is 11.8 Å². The Kier molecular flexibility index (Phi) is 3.72. The molecule has 0 saturated carbocycles. The van der Waals surface area contributed by atoms with Crippen LogP contribution in [0.15, 0.2) is 18.2 Å². The van der Waals surface area contributed by atoms with Gasteiger partial charge in [-0.3, -0.25) is 4.79 Å². The number of amides is 1. The standard InChI is InChI=1S/C14H18ClNO/c1-10-3-4-13(11(2)7-10)14(17)16-6-5-12(8-15)9-16/h3-4,7,12H,5-6,8-9H2,1-2H3. The molecule has 1 amide bonds. The minimum absolute atomic E-state index is 0.148. The Labute approximate surface area is 108 Å². The van der Waals surface area contributed by atoms with E-state index in [1.54, 1.807) is 0 Å². The minimum Gasteiger partial charge on any atom is -0.338 e. The molecule has 1 saturated heterocycles. The van der Waals surface area contributed by atoms with Crippen LogP contribution in [0.3, 0.4) is 0 Å². The highest BCUT2D eigenvalue weighted by Gasteiger charge is 2.26. The van der Waals surface area contributed by atoms with E-state index in [2.05, 4.69) is 6.07 Å². The Morgan fingerprint density at radius 2 is 2.24 bits per heavy atom. The van der Waals surface area contributed by atoms with Crippen molar-refractivity contribution in [1.82, 2.24) is 4.90 Å². The lowest BCUT2D eigenvalue weighted by Gasteiger charge is -2.17. The molecule has 1 fully saturated rings. The van der Waals surface area contributed by atoms with Gasteiger partial charge in [-0.25, -0.2) is 0 Å². The van der Waals surface area contributed by atoms with Gasteiger partial charge in [-0.05, 0) is 37.8 Å². The Morgan fingerprint density at radius 1 is 1.47 bits per heavy atom. The molecule has 1 aliphatic heterocycles. The molecule has 0 aromatic heterocycles. The van der Waals surface area contributed by atoms with E-state index in [1.807, 2.05) is 30.9 Å². The maximum absolute atomic E-state index is 12.3. The molecular weight excluding hydrogens is 234 g/mol. The van der Waals surface area contributed by atoms with Crippen molar-refractivity contribution in [2.24, 2.45) is 5.92 Å². The number of hydrogen-bond donors (Lipinski definition) is 0. The maximum atomic E-state index is 12.3. The van der Waals surface area contributed by atoms with Crippen molar-refractivity contribution < 1.29 is 4.79 Å². The van der Waals surface area contributed by atoms with E-state index < -0.39 is 0 Å². The van der Waals surface area contributed by atoms with Gasteiger partial charge in [0.2, 0.25) is 0 Å². The molecule has 3 heteroatoms. The highest BCUT2D eigenvalue weighted by atomic mass is 35.5. The van der Waals surface area contributed by atoms with Crippen LogP contribution in [-0.2, 0) is 0 Å². The summed E-state index contributed by atoms with van der Waals surface area (Å²) in [4.78, 5) is 14.2. The van der Waals surface area contributed by atoms with Gasteiger partial charge < -0.3 is 4.90 Å². The van der Waals surface area contributed by atoms with Gasteiger partial charge in [-0.15, -0.1) is 11.6 Å². The van der Waals surface area contributed by atoms with E-state index in [4.69, 9.17) is 11.6 Å². The summed E-state index contributed by atoms with van der Waals surface area (Å²) < 4.78 is 0. The highest BCUT2D eigenvalue weighted by molar-refractivity contribution is 6.18. The van der Waals surface area contributed by atoms with Crippen LogP contribution in [-0.4, -0.2) is 29.8 Å². The van der Waals surface area contributed by atoms with Gasteiger partial charge >= 0.3 is 0 Å². The van der Waals surface area contributed by atoms with Gasteiger partial charge in [0.05, 0.1) is 0 Å². The molecule has 1 unspecified atom stereocenters. The van der Waals surface area contributed by atoms with E-state index in [1.165, 1.54) is 5.56 Å². The lowest BCUT2D eigenvalue weighted by molar-refractivity contribution is 0.0787. The Bertz CT molecular complexity index is 430. The number of alkyl halides is 1. The zero-order valence-electron chi connectivity index (χ0n) is 10.4. The molecule has 0 bridgehead atoms. The number of benzene rings is 1. The van der Waals surface area contributed by atoms with Gasteiger partial charge in [0, 0.05) is 24.5 Å². The summed E-state index contributed by atoms with van der Waals surface area (Å²) in [5.74, 6) is 1.26. The fraction of sp³-hybridized carbons (Fsp3) is 0.500. The Balaban J connectivity index is 2.15. The van der Waals surface area contributed by atoms with Crippen molar-refractivity contribution in [3.8, 4) is 0 Å². The second-order valence-corrected chi connectivity index (χ2v) is 5.19. The number of hydrogen-bond acceptors (Lipinski definition) is 1. The van der Waals surface area contributed by atoms with Crippen LogP contribution in [0.25, 0.3) is 0 Å². The first kappa shape index (κ1) is 12.4. The molecule has 1 aromatic carbocycles. The fourth-order valence-electron chi connectivity index (χ4n) is 2.37. The van der Waals surface area contributed by atoms with Crippen LogP contribution in [0.1, 0.15) is 27.9 Å². The zero-order chi connectivity index (χ0) is 12.4. The van der Waals surface area contributed by atoms with Crippen molar-refractivity contribution in [2.45, 2.75) is 20.3 Å². The van der Waals surface area contributed by atoms with Crippen molar-refractivity contribution >= 4 is 17.5 Å². The number of nitrogens with zero attached hydrogens (tertiary/aromatic N) is 1. The number of carbonyl (C=O) groups is 1. The molecule has 92 valence electrons. The third kappa shape index (κ3) is 2.63. The molecule has 0 aliphatic carbocycles. The van der Waals surface area contributed by atoms with Crippen LogP contribution in [0.4, 0.5) is 0 Å². The first-order valence-electron chi connectivity index (χ1n) is 6.04. The van der Waals surface area contributed by atoms with Crippen molar-refractivity contribution in [1.29, 1.82) is 0 Å². The molecule has 17 heavy (non-hydrogen) atoms. The van der Waals surface area contributed by atoms with Gasteiger partial charge in [0.25, 0.3) is 5.91 Å². The minimum atomic E-state index is 0.148. The number of rotatable bonds is 2. The lowest BCUT2D eigenvalue weighted by atomic mass is 10.0.